The second-order valence-electron chi connectivity index (χ2n) is 9.91. The van der Waals surface area contributed by atoms with Gasteiger partial charge in [-0.25, -0.2) is 4.79 Å². The Kier molecular flexibility index (Phi) is 24.6. The highest BCUT2D eigenvalue weighted by Crippen LogP contribution is 2.39. The first kappa shape index (κ1) is 40.6. The molecular weight excluding hydrogens is 564 g/mol. The van der Waals surface area contributed by atoms with Crippen LogP contribution in [-0.4, -0.2) is 91.1 Å². The molecule has 2 atom stereocenters. The van der Waals surface area contributed by atoms with Crippen LogP contribution in [0.15, 0.2) is 35.5 Å². The number of hydrogen-bond donors (Lipinski definition) is 2. The fourth-order valence-corrected chi connectivity index (χ4v) is 4.81. The molecule has 3 aliphatic rings. The van der Waals surface area contributed by atoms with E-state index in [-0.39, 0.29) is 0 Å². The summed E-state index contributed by atoms with van der Waals surface area (Å²) >= 11 is 0.796. The number of thioether (sulfide) groups is 1. The second-order valence-corrected chi connectivity index (χ2v) is 10.7. The minimum atomic E-state index is -0.829. The van der Waals surface area contributed by atoms with E-state index in [0.29, 0.717) is 25.3 Å². The molecule has 0 aliphatic carbocycles. The number of rotatable bonds is 12. The van der Waals surface area contributed by atoms with Crippen LogP contribution in [0.3, 0.4) is 0 Å². The van der Waals surface area contributed by atoms with E-state index in [4.69, 9.17) is 20.3 Å². The molecule has 4 rings (SSSR count). The lowest BCUT2D eigenvalue weighted by molar-refractivity contribution is -0.109. The number of unbranched alkanes of at least 4 members (excludes halogenated alkanes) is 1. The lowest BCUT2D eigenvalue weighted by Gasteiger charge is -2.21. The molecule has 1 fully saturated rings. The standard InChI is InChI=1S/C19H22N2O3.C8H20N2.C2H4O2S.2C2H6/c22-9-8-21-12-15(10-17(21)5-4-16-2-1-7-20-16)14-3-6-18-19(11-14)24-13-23-18;1-3-4-7-10(2)8-5-6-9;1-5-2(3)4;2*1-2/h1,3,6-7,9,11,15,17H,2,4-5,8,10,12-13H2;3-9H2,1-2H3;1H3,(H,3,4);2*1-2H3. The zero-order valence-corrected chi connectivity index (χ0v) is 28.5. The molecule has 0 aromatic heterocycles. The maximum Gasteiger partial charge on any atom is 0.364 e. The van der Waals surface area contributed by atoms with Crippen LogP contribution in [0.1, 0.15) is 91.0 Å². The number of ether oxygens (including phenoxy) is 2. The van der Waals surface area contributed by atoms with Crippen LogP contribution in [0.5, 0.6) is 11.5 Å². The summed E-state index contributed by atoms with van der Waals surface area (Å²) in [6, 6.07) is 6.66. The van der Waals surface area contributed by atoms with Crippen LogP contribution >= 0.6 is 11.8 Å². The van der Waals surface area contributed by atoms with Crippen LogP contribution < -0.4 is 15.2 Å². The molecule has 0 amide bonds. The number of likely N-dealkylation sites (tertiary alicyclic amines) is 1. The highest BCUT2D eigenvalue weighted by molar-refractivity contribution is 8.12. The third kappa shape index (κ3) is 16.9. The van der Waals surface area contributed by atoms with Gasteiger partial charge in [0.2, 0.25) is 6.79 Å². The first-order chi connectivity index (χ1) is 20.9. The van der Waals surface area contributed by atoms with E-state index in [9.17, 15) is 9.59 Å². The Labute approximate surface area is 265 Å². The summed E-state index contributed by atoms with van der Waals surface area (Å²) in [5, 5.41) is 6.86. The Balaban J connectivity index is 0.000000776. The van der Waals surface area contributed by atoms with Gasteiger partial charge in [0.25, 0.3) is 0 Å². The third-order valence-corrected chi connectivity index (χ3v) is 7.35. The molecule has 246 valence electrons. The van der Waals surface area contributed by atoms with Crippen molar-refractivity contribution in [2.45, 2.75) is 91.5 Å². The van der Waals surface area contributed by atoms with Gasteiger partial charge in [-0.05, 0) is 100 Å². The van der Waals surface area contributed by atoms with Gasteiger partial charge < -0.3 is 30.0 Å². The molecule has 9 nitrogen and oxygen atoms in total. The van der Waals surface area contributed by atoms with Gasteiger partial charge in [0.1, 0.15) is 6.29 Å². The zero-order chi connectivity index (χ0) is 32.5. The number of carbonyl (C=O) groups is 2. The van der Waals surface area contributed by atoms with E-state index in [0.717, 1.165) is 81.3 Å². The van der Waals surface area contributed by atoms with Crippen molar-refractivity contribution in [3.8, 4) is 11.5 Å². The third-order valence-electron chi connectivity index (χ3n) is 7.00. The normalized spacial score (nSPS) is 17.7. The van der Waals surface area contributed by atoms with Crippen LogP contribution in [0.25, 0.3) is 0 Å². The van der Waals surface area contributed by atoms with Crippen LogP contribution in [0.4, 0.5) is 4.79 Å². The molecule has 3 N–H and O–H groups in total. The summed E-state index contributed by atoms with van der Waals surface area (Å²) in [4.78, 5) is 29.4. The maximum atomic E-state index is 11.1. The SMILES string of the molecule is CC.CC.CCCCN(C)CCCN.CSC(=O)O.O=CCN1CC(c2ccc3c(c2)OCO3)CC1CCC1=NC=CC1. The lowest BCUT2D eigenvalue weighted by atomic mass is 9.94. The first-order valence-corrected chi connectivity index (χ1v) is 17.1. The number of benzene rings is 1. The second kappa shape index (κ2) is 26.0. The Morgan fingerprint density at radius 1 is 1.19 bits per heavy atom. The average molecular weight is 623 g/mol. The smallest absolute Gasteiger partial charge is 0.364 e. The number of nitrogens with two attached hydrogens (primary N) is 1. The average Bonchev–Trinajstić information content (AvgIpc) is 3.82. The van der Waals surface area contributed by atoms with Crippen molar-refractivity contribution in [2.24, 2.45) is 10.7 Å². The molecule has 1 aromatic rings. The monoisotopic (exact) mass is 622 g/mol. The fraction of sp³-hybridized carbons (Fsp3) is 0.667. The van der Waals surface area contributed by atoms with Crippen molar-refractivity contribution >= 4 is 29.1 Å². The quantitative estimate of drug-likeness (QED) is 0.236. The Morgan fingerprint density at radius 3 is 2.44 bits per heavy atom. The Bertz CT molecular complexity index is 936. The van der Waals surface area contributed by atoms with Crippen molar-refractivity contribution in [3.05, 3.63) is 36.0 Å². The summed E-state index contributed by atoms with van der Waals surface area (Å²) in [6.07, 6.45) is 14.4. The van der Waals surface area contributed by atoms with E-state index in [1.165, 1.54) is 36.9 Å². The molecule has 43 heavy (non-hydrogen) atoms. The summed E-state index contributed by atoms with van der Waals surface area (Å²) < 4.78 is 10.9. The van der Waals surface area contributed by atoms with Gasteiger partial charge in [0.15, 0.2) is 11.5 Å². The Morgan fingerprint density at radius 2 is 1.86 bits per heavy atom. The topological polar surface area (TPSA) is 118 Å². The van der Waals surface area contributed by atoms with E-state index < -0.39 is 5.30 Å². The first-order valence-electron chi connectivity index (χ1n) is 15.8. The van der Waals surface area contributed by atoms with Crippen molar-refractivity contribution in [1.82, 2.24) is 9.80 Å². The van der Waals surface area contributed by atoms with Crippen molar-refractivity contribution in [1.29, 1.82) is 0 Å². The van der Waals surface area contributed by atoms with Gasteiger partial charge in [-0.15, -0.1) is 0 Å². The van der Waals surface area contributed by atoms with Crippen LogP contribution in [0.2, 0.25) is 0 Å². The number of hydrogen-bond acceptors (Lipinski definition) is 9. The number of carbonyl (C=O) groups excluding carboxylic acids is 1. The molecule has 3 aliphatic heterocycles. The van der Waals surface area contributed by atoms with Gasteiger partial charge in [0.05, 0.1) is 6.54 Å². The summed E-state index contributed by atoms with van der Waals surface area (Å²) in [7, 11) is 2.16. The molecule has 1 saturated heterocycles. The summed E-state index contributed by atoms with van der Waals surface area (Å²) in [5.41, 5.74) is 7.91. The van der Waals surface area contributed by atoms with Gasteiger partial charge in [-0.1, -0.05) is 53.2 Å². The minimum absolute atomic E-state index is 0.305. The number of nitrogens with zero attached hydrogens (tertiary/aromatic N) is 3. The Hall–Kier alpha value is -2.40. The molecule has 2 unspecified atom stereocenters. The summed E-state index contributed by atoms with van der Waals surface area (Å²) in [6.45, 7) is 15.1. The van der Waals surface area contributed by atoms with E-state index in [1.54, 1.807) is 0 Å². The molecule has 1 aromatic carbocycles. The predicted octanol–water partition coefficient (Wildman–Crippen LogP) is 7.06. The van der Waals surface area contributed by atoms with E-state index in [2.05, 4.69) is 47.0 Å². The highest BCUT2D eigenvalue weighted by Gasteiger charge is 2.33. The van der Waals surface area contributed by atoms with E-state index in [1.807, 2.05) is 40.0 Å². The fourth-order valence-electron chi connectivity index (χ4n) is 4.81. The maximum absolute atomic E-state index is 11.1. The number of aliphatic imine (C=N–C) groups is 1. The molecular formula is C33H58N4O5S. The van der Waals surface area contributed by atoms with Gasteiger partial charge >= 0.3 is 5.30 Å². The summed E-state index contributed by atoms with van der Waals surface area (Å²) in [5.74, 6) is 2.10. The van der Waals surface area contributed by atoms with Crippen molar-refractivity contribution in [2.75, 3.05) is 52.8 Å². The minimum Gasteiger partial charge on any atom is -0.473 e. The van der Waals surface area contributed by atoms with Crippen LogP contribution in [0, 0.1) is 0 Å². The number of allylic oxidation sites excluding steroid dienone is 1. The van der Waals surface area contributed by atoms with Crippen LogP contribution in [-0.2, 0) is 4.79 Å². The number of aldehydes is 1. The molecule has 0 saturated carbocycles. The predicted molar refractivity (Wildman–Crippen MR) is 182 cm³/mol. The molecule has 0 radical (unpaired) electrons. The van der Waals surface area contributed by atoms with Gasteiger partial charge in [-0.3, -0.25) is 9.89 Å². The van der Waals surface area contributed by atoms with Gasteiger partial charge in [0, 0.05) is 30.9 Å². The van der Waals surface area contributed by atoms with E-state index >= 15 is 0 Å². The molecule has 3 heterocycles. The van der Waals surface area contributed by atoms with Crippen molar-refractivity contribution < 1.29 is 24.2 Å². The van der Waals surface area contributed by atoms with Crippen molar-refractivity contribution in [3.63, 3.8) is 0 Å². The van der Waals surface area contributed by atoms with Gasteiger partial charge in [-0.2, -0.15) is 0 Å². The molecule has 0 bridgehead atoms. The number of fused-ring (bicyclic) bond motifs is 1. The molecule has 10 heteroatoms. The molecule has 0 spiro atoms. The lowest BCUT2D eigenvalue weighted by Crippen LogP contribution is -2.31. The number of carboxylic acid groups (broad SMARTS) is 1. The zero-order valence-electron chi connectivity index (χ0n) is 27.7. The largest absolute Gasteiger partial charge is 0.473 e. The highest BCUT2D eigenvalue weighted by atomic mass is 32.2.